The summed E-state index contributed by atoms with van der Waals surface area (Å²) in [4.78, 5) is 15.0. The molecule has 0 bridgehead atoms. The van der Waals surface area contributed by atoms with Crippen LogP contribution in [0.15, 0.2) is 41.8 Å². The molecule has 0 radical (unpaired) electrons. The molecule has 1 unspecified atom stereocenters. The highest BCUT2D eigenvalue weighted by molar-refractivity contribution is 7.10. The lowest BCUT2D eigenvalue weighted by molar-refractivity contribution is -0.910. The van der Waals surface area contributed by atoms with E-state index in [-0.39, 0.29) is 5.91 Å². The molecule has 23 heavy (non-hydrogen) atoms. The van der Waals surface area contributed by atoms with Crippen LogP contribution >= 0.6 is 22.9 Å². The van der Waals surface area contributed by atoms with Gasteiger partial charge in [-0.25, -0.2) is 0 Å². The molecule has 1 aliphatic heterocycles. The lowest BCUT2D eigenvalue weighted by Crippen LogP contribution is -3.11. The SMILES string of the molecule is O=C(C[NH+]1CCC[C@H]1c1cccs1)NCCc1cccc(Cl)c1. The number of likely N-dealkylation sites (tertiary alicyclic amines) is 1. The van der Waals surface area contributed by atoms with Gasteiger partial charge in [0.25, 0.3) is 5.91 Å². The highest BCUT2D eigenvalue weighted by atomic mass is 35.5. The Labute approximate surface area is 146 Å². The zero-order valence-corrected chi connectivity index (χ0v) is 14.6. The van der Waals surface area contributed by atoms with Crippen molar-refractivity contribution in [1.29, 1.82) is 0 Å². The van der Waals surface area contributed by atoms with Gasteiger partial charge >= 0.3 is 0 Å². The standard InChI is InChI=1S/C18H21ClN2OS/c19-15-5-1-4-14(12-15)8-9-20-18(22)13-21-10-2-6-16(21)17-7-3-11-23-17/h1,3-5,7,11-12,16H,2,6,8-10,13H2,(H,20,22)/p+1/t16-/m0/s1. The predicted octanol–water partition coefficient (Wildman–Crippen LogP) is 2.48. The lowest BCUT2D eigenvalue weighted by Gasteiger charge is -2.20. The van der Waals surface area contributed by atoms with E-state index in [9.17, 15) is 4.79 Å². The summed E-state index contributed by atoms with van der Waals surface area (Å²) in [7, 11) is 0. The summed E-state index contributed by atoms with van der Waals surface area (Å²) in [6.45, 7) is 2.32. The van der Waals surface area contributed by atoms with Crippen LogP contribution in [0.3, 0.4) is 0 Å². The van der Waals surface area contributed by atoms with Crippen molar-refractivity contribution in [3.63, 3.8) is 0 Å². The third kappa shape index (κ3) is 4.56. The molecule has 0 saturated carbocycles. The van der Waals surface area contributed by atoms with E-state index < -0.39 is 0 Å². The Bertz CT molecular complexity index is 644. The average molecular weight is 350 g/mol. The zero-order chi connectivity index (χ0) is 16.1. The molecule has 0 spiro atoms. The van der Waals surface area contributed by atoms with Crippen LogP contribution in [0.25, 0.3) is 0 Å². The Hall–Kier alpha value is -1.36. The molecular formula is C18H22ClN2OS+. The Morgan fingerprint density at radius 2 is 2.26 bits per heavy atom. The summed E-state index contributed by atoms with van der Waals surface area (Å²) in [5.41, 5.74) is 1.16. The first-order valence-corrected chi connectivity index (χ1v) is 9.37. The summed E-state index contributed by atoms with van der Waals surface area (Å²) < 4.78 is 0. The molecular weight excluding hydrogens is 328 g/mol. The van der Waals surface area contributed by atoms with Gasteiger partial charge in [-0.3, -0.25) is 4.79 Å². The maximum atomic E-state index is 12.2. The van der Waals surface area contributed by atoms with Gasteiger partial charge in [0, 0.05) is 24.4 Å². The molecule has 1 amide bonds. The molecule has 1 aromatic carbocycles. The summed E-state index contributed by atoms with van der Waals surface area (Å²) in [5, 5.41) is 5.91. The van der Waals surface area contributed by atoms with Gasteiger partial charge in [-0.05, 0) is 35.6 Å². The number of halogens is 1. The number of rotatable bonds is 6. The molecule has 5 heteroatoms. The highest BCUT2D eigenvalue weighted by Crippen LogP contribution is 2.23. The second-order valence-corrected chi connectivity index (χ2v) is 7.44. The van der Waals surface area contributed by atoms with Crippen molar-refractivity contribution < 1.29 is 9.69 Å². The Morgan fingerprint density at radius 3 is 3.04 bits per heavy atom. The Morgan fingerprint density at radius 1 is 1.35 bits per heavy atom. The molecule has 3 rings (SSSR count). The number of carbonyl (C=O) groups is 1. The topological polar surface area (TPSA) is 33.5 Å². The van der Waals surface area contributed by atoms with Crippen molar-refractivity contribution >= 4 is 28.8 Å². The van der Waals surface area contributed by atoms with Crippen LogP contribution in [-0.4, -0.2) is 25.5 Å². The zero-order valence-electron chi connectivity index (χ0n) is 13.1. The number of nitrogens with one attached hydrogen (secondary N) is 2. The number of amides is 1. The van der Waals surface area contributed by atoms with Crippen molar-refractivity contribution in [1.82, 2.24) is 5.32 Å². The van der Waals surface area contributed by atoms with Crippen molar-refractivity contribution in [3.05, 3.63) is 57.2 Å². The number of hydrogen-bond acceptors (Lipinski definition) is 2. The fourth-order valence-corrected chi connectivity index (χ4v) is 4.40. The van der Waals surface area contributed by atoms with E-state index in [0.29, 0.717) is 19.1 Å². The van der Waals surface area contributed by atoms with E-state index in [4.69, 9.17) is 11.6 Å². The van der Waals surface area contributed by atoms with Gasteiger partial charge in [0.2, 0.25) is 0 Å². The Balaban J connectivity index is 1.46. The fraction of sp³-hybridized carbons (Fsp3) is 0.389. The Kier molecular flexibility index (Phi) is 5.70. The first-order chi connectivity index (χ1) is 11.2. The van der Waals surface area contributed by atoms with E-state index >= 15 is 0 Å². The minimum atomic E-state index is 0.144. The van der Waals surface area contributed by atoms with Crippen molar-refractivity contribution in [2.24, 2.45) is 0 Å². The highest BCUT2D eigenvalue weighted by Gasteiger charge is 2.31. The second kappa shape index (κ2) is 7.95. The summed E-state index contributed by atoms with van der Waals surface area (Å²) in [6, 6.07) is 12.6. The first kappa shape index (κ1) is 16.5. The summed E-state index contributed by atoms with van der Waals surface area (Å²) in [5.74, 6) is 0.144. The molecule has 2 N–H and O–H groups in total. The third-order valence-corrected chi connectivity index (χ3v) is 5.60. The van der Waals surface area contributed by atoms with Gasteiger partial charge < -0.3 is 10.2 Å². The molecule has 122 valence electrons. The molecule has 1 fully saturated rings. The van der Waals surface area contributed by atoms with Gasteiger partial charge in [0.1, 0.15) is 6.04 Å². The van der Waals surface area contributed by atoms with E-state index in [2.05, 4.69) is 22.8 Å². The molecule has 1 saturated heterocycles. The number of hydrogen-bond donors (Lipinski definition) is 2. The predicted molar refractivity (Wildman–Crippen MR) is 95.2 cm³/mol. The van der Waals surface area contributed by atoms with Gasteiger partial charge in [0.15, 0.2) is 6.54 Å². The van der Waals surface area contributed by atoms with Gasteiger partial charge in [0.05, 0.1) is 11.4 Å². The van der Waals surface area contributed by atoms with E-state index in [0.717, 1.165) is 23.6 Å². The maximum absolute atomic E-state index is 12.2. The monoisotopic (exact) mass is 349 g/mol. The van der Waals surface area contributed by atoms with E-state index in [1.807, 2.05) is 24.3 Å². The van der Waals surface area contributed by atoms with Crippen LogP contribution in [0.2, 0.25) is 5.02 Å². The molecule has 1 aromatic heterocycles. The third-order valence-electron chi connectivity index (χ3n) is 4.38. The van der Waals surface area contributed by atoms with Crippen molar-refractivity contribution in [3.8, 4) is 0 Å². The largest absolute Gasteiger partial charge is 0.351 e. The second-order valence-electron chi connectivity index (χ2n) is 6.03. The van der Waals surface area contributed by atoms with Crippen LogP contribution in [0.5, 0.6) is 0 Å². The molecule has 1 aliphatic rings. The quantitative estimate of drug-likeness (QED) is 0.825. The van der Waals surface area contributed by atoms with E-state index in [1.54, 1.807) is 11.3 Å². The number of thiophene rings is 1. The van der Waals surface area contributed by atoms with E-state index in [1.165, 1.54) is 22.6 Å². The van der Waals surface area contributed by atoms with Gasteiger partial charge in [-0.1, -0.05) is 29.8 Å². The number of carbonyl (C=O) groups excluding carboxylic acids is 1. The summed E-state index contributed by atoms with van der Waals surface area (Å²) >= 11 is 7.78. The smallest absolute Gasteiger partial charge is 0.275 e. The van der Waals surface area contributed by atoms with Crippen molar-refractivity contribution in [2.75, 3.05) is 19.6 Å². The van der Waals surface area contributed by atoms with Crippen LogP contribution in [-0.2, 0) is 11.2 Å². The van der Waals surface area contributed by atoms with Crippen molar-refractivity contribution in [2.45, 2.75) is 25.3 Å². The normalized spacial score (nSPS) is 20.6. The van der Waals surface area contributed by atoms with Crippen LogP contribution in [0.4, 0.5) is 0 Å². The van der Waals surface area contributed by atoms with Crippen LogP contribution in [0.1, 0.15) is 29.3 Å². The first-order valence-electron chi connectivity index (χ1n) is 8.11. The number of benzene rings is 1. The maximum Gasteiger partial charge on any atom is 0.275 e. The average Bonchev–Trinajstić information content (AvgIpc) is 3.18. The molecule has 0 aliphatic carbocycles. The number of quaternary nitrogens is 1. The lowest BCUT2D eigenvalue weighted by atomic mass is 10.1. The molecule has 2 atom stereocenters. The van der Waals surface area contributed by atoms with Gasteiger partial charge in [-0.15, -0.1) is 11.3 Å². The fourth-order valence-electron chi connectivity index (χ4n) is 3.26. The minimum Gasteiger partial charge on any atom is -0.351 e. The minimum absolute atomic E-state index is 0.144. The van der Waals surface area contributed by atoms with Crippen LogP contribution in [0, 0.1) is 0 Å². The summed E-state index contributed by atoms with van der Waals surface area (Å²) in [6.07, 6.45) is 3.20. The molecule has 3 nitrogen and oxygen atoms in total. The van der Waals surface area contributed by atoms with Crippen LogP contribution < -0.4 is 10.2 Å². The molecule has 2 aromatic rings. The molecule has 2 heterocycles. The van der Waals surface area contributed by atoms with Gasteiger partial charge in [-0.2, -0.15) is 0 Å².